The maximum Gasteiger partial charge on any atom is 0.737 e. The van der Waals surface area contributed by atoms with Gasteiger partial charge in [-0.05, 0) is 120 Å². The number of para-hydroxylation sites is 1. The number of primary amides is 1. The van der Waals surface area contributed by atoms with Gasteiger partial charge in [0, 0.05) is 88.0 Å². The molecule has 95 heavy (non-hydrogen) atoms. The summed E-state index contributed by atoms with van der Waals surface area (Å²) in [5.41, 5.74) is 10.8. The topological polar surface area (TPSA) is 288 Å². The molecule has 0 aliphatic carbocycles. The van der Waals surface area contributed by atoms with Gasteiger partial charge in [-0.2, -0.15) is 0 Å². The molecule has 0 unspecified atom stereocenters. The standard InChI is InChI=1S/C70H81BF2N10O11S/c1-46(2)66(80-64(87)34-39-81-37-32-56(33-38-81)94-61-15-7-6-13-50(61)41-48-11-4-3-5-12-48)70(92)79-59(44-84)69(91)78-58(42-49-18-26-54(85)27-19-49)68(90)76-36-31-63(86)77-57(67(74)89)14-8-9-35-75-65(88)45-93-55-28-20-47(21-29-55)17-22-51-23-24-52-43-53-25-30-60(62-16-10-40-95-62)83(53)71(72,73)82(51)52/h3-7,10-13,15-30,40,43,46,56-59,66,84-85H,8-9,14,31-39,41-42,44-45H2,1-2H3,(H2,74,89)(H,75,88)(H,76,90)(H,77,86)(H,78,91)(H,79,92)(H,80,87)/b22-17+/t57-,58-,59-,66-/m0/s1. The lowest BCUT2D eigenvalue weighted by Crippen LogP contribution is -2.59. The quantitative estimate of drug-likeness (QED) is 0.0167. The molecule has 25 heteroatoms. The smallest absolute Gasteiger partial charge is 0.508 e. The maximum absolute atomic E-state index is 16.2. The van der Waals surface area contributed by atoms with E-state index in [-0.39, 0.29) is 63.1 Å². The van der Waals surface area contributed by atoms with E-state index in [1.807, 2.05) is 53.9 Å². The number of carbonyl (C=O) groups excluding carboxylic acids is 7. The van der Waals surface area contributed by atoms with E-state index < -0.39 is 79.1 Å². The fourth-order valence-electron chi connectivity index (χ4n) is 11.5. The molecule has 3 aliphatic heterocycles. The number of nitrogens with zero attached hydrogens (tertiary/aromatic N) is 3. The summed E-state index contributed by atoms with van der Waals surface area (Å²) in [6, 6.07) is 33.0. The number of nitrogens with one attached hydrogen (secondary N) is 6. The number of hydrogen-bond donors (Lipinski definition) is 9. The second kappa shape index (κ2) is 33.4. The lowest BCUT2D eigenvalue weighted by atomic mass is 9.90. The van der Waals surface area contributed by atoms with Crippen LogP contribution in [0.4, 0.5) is 8.63 Å². The van der Waals surface area contributed by atoms with Crippen molar-refractivity contribution in [3.8, 4) is 17.2 Å². The molecular weight excluding hydrogens is 1240 g/mol. The number of phenols is 1. The fourth-order valence-corrected chi connectivity index (χ4v) is 12.2. The van der Waals surface area contributed by atoms with Crippen LogP contribution in [0.3, 0.4) is 0 Å². The highest BCUT2D eigenvalue weighted by Crippen LogP contribution is 2.35. The zero-order chi connectivity index (χ0) is 67.4. The van der Waals surface area contributed by atoms with E-state index in [1.54, 1.807) is 92.8 Å². The van der Waals surface area contributed by atoms with Gasteiger partial charge < -0.3 is 79.8 Å². The minimum atomic E-state index is -4.19. The SMILES string of the molecule is CC(C)[C@H](NC(=O)CCN1CCC(Oc2ccccc2Cc2ccccc2)CC1)C(=O)N[C@@H](CO)C(=O)N[C@@H](Cc1ccc(O)cc1)C(=O)NCCC(=O)N[C@@H](CCCCNC(=O)COc1ccc(/C=C/c2ccc3n2[B-](F)(F)[N+]2=C(c4cccs4)C=CC2=C3)cc1)C(N)=O. The lowest BCUT2D eigenvalue weighted by molar-refractivity contribution is -0.360. The molecule has 4 atom stereocenters. The Balaban J connectivity index is 0.667. The van der Waals surface area contributed by atoms with Crippen molar-refractivity contribution in [2.75, 3.05) is 45.9 Å². The van der Waals surface area contributed by atoms with E-state index in [4.69, 9.17) is 15.2 Å². The van der Waals surface area contributed by atoms with Crippen molar-refractivity contribution < 1.29 is 66.4 Å². The number of aliphatic hydroxyl groups excluding tert-OH is 1. The van der Waals surface area contributed by atoms with Crippen LogP contribution in [0.1, 0.15) is 97.3 Å². The number of aromatic nitrogens is 1. The van der Waals surface area contributed by atoms with Crippen LogP contribution in [0, 0.1) is 5.92 Å². The molecule has 7 amide bonds. The molecule has 5 heterocycles. The number of hydrogen-bond acceptors (Lipinski definition) is 13. The van der Waals surface area contributed by atoms with Crippen molar-refractivity contribution in [1.29, 1.82) is 0 Å². The lowest BCUT2D eigenvalue weighted by Gasteiger charge is -2.32. The van der Waals surface area contributed by atoms with Gasteiger partial charge in [-0.3, -0.25) is 33.6 Å². The largest absolute Gasteiger partial charge is 0.737 e. The molecular formula is C70H81BF2N10O11S. The third-order valence-electron chi connectivity index (χ3n) is 16.7. The summed E-state index contributed by atoms with van der Waals surface area (Å²) in [7, 11) is 0. The number of thiophene rings is 1. The van der Waals surface area contributed by atoms with Crippen molar-refractivity contribution in [2.24, 2.45) is 11.7 Å². The van der Waals surface area contributed by atoms with Crippen LogP contribution >= 0.6 is 11.3 Å². The number of nitrogens with two attached hydrogens (primary N) is 1. The van der Waals surface area contributed by atoms with Crippen molar-refractivity contribution in [1.82, 2.24) is 41.3 Å². The zero-order valence-electron chi connectivity index (χ0n) is 53.1. The van der Waals surface area contributed by atoms with Crippen LogP contribution in [-0.4, -0.2) is 154 Å². The van der Waals surface area contributed by atoms with Crippen LogP contribution in [0.25, 0.3) is 18.2 Å². The normalized spacial score (nSPS) is 15.6. The van der Waals surface area contributed by atoms with Gasteiger partial charge in [0.1, 0.15) is 47.5 Å². The summed E-state index contributed by atoms with van der Waals surface area (Å²) in [6.45, 7) is 0.0331. The number of piperidine rings is 1. The van der Waals surface area contributed by atoms with Crippen LogP contribution in [0.5, 0.6) is 17.2 Å². The number of likely N-dealkylation sites (tertiary alicyclic amines) is 1. The van der Waals surface area contributed by atoms with E-state index >= 15 is 8.63 Å². The van der Waals surface area contributed by atoms with E-state index in [0.717, 1.165) is 63.1 Å². The Hall–Kier alpha value is -9.72. The predicted octanol–water partition coefficient (Wildman–Crippen LogP) is 6.09. The number of unbranched alkanes of at least 4 members (excludes halogenated alkanes) is 1. The highest BCUT2D eigenvalue weighted by Gasteiger charge is 2.52. The molecule has 2 aromatic heterocycles. The van der Waals surface area contributed by atoms with Crippen LogP contribution in [-0.2, 0) is 46.4 Å². The van der Waals surface area contributed by atoms with Gasteiger partial charge in [0.25, 0.3) is 5.91 Å². The van der Waals surface area contributed by atoms with Crippen LogP contribution in [0.15, 0.2) is 151 Å². The number of phenolic OH excluding ortho intramolecular Hbond substituents is 1. The Kier molecular flexibility index (Phi) is 24.5. The number of fused-ring (bicyclic) bond motifs is 2. The van der Waals surface area contributed by atoms with Gasteiger partial charge in [0.05, 0.1) is 11.5 Å². The Morgan fingerprint density at radius 3 is 2.17 bits per heavy atom. The van der Waals surface area contributed by atoms with E-state index in [2.05, 4.69) is 55.0 Å². The average molecular weight is 1320 g/mol. The average Bonchev–Trinajstić information content (AvgIpc) is 1.63. The molecule has 1 fully saturated rings. The van der Waals surface area contributed by atoms with Crippen molar-refractivity contribution in [3.05, 3.63) is 189 Å². The highest BCUT2D eigenvalue weighted by atomic mass is 32.1. The molecule has 10 N–H and O–H groups in total. The Bertz CT molecular complexity index is 3780. The van der Waals surface area contributed by atoms with Crippen molar-refractivity contribution >= 4 is 83.6 Å². The number of ether oxygens (including phenoxy) is 2. The summed E-state index contributed by atoms with van der Waals surface area (Å²) >= 11 is 1.40. The van der Waals surface area contributed by atoms with Gasteiger partial charge in [-0.15, -0.1) is 11.3 Å². The van der Waals surface area contributed by atoms with Gasteiger partial charge in [-0.25, -0.2) is 0 Å². The van der Waals surface area contributed by atoms with Crippen molar-refractivity contribution in [3.63, 3.8) is 0 Å². The van der Waals surface area contributed by atoms with E-state index in [1.165, 1.54) is 29.0 Å². The van der Waals surface area contributed by atoms with Gasteiger partial charge in [0.2, 0.25) is 35.4 Å². The molecule has 21 nitrogen and oxygen atoms in total. The third-order valence-corrected chi connectivity index (χ3v) is 17.6. The molecule has 500 valence electrons. The second-order valence-electron chi connectivity index (χ2n) is 24.0. The first-order valence-electron chi connectivity index (χ1n) is 32.0. The number of aliphatic hydroxyl groups is 1. The first-order valence-corrected chi connectivity index (χ1v) is 32.9. The van der Waals surface area contributed by atoms with Crippen LogP contribution in [0.2, 0.25) is 0 Å². The summed E-state index contributed by atoms with van der Waals surface area (Å²) in [4.78, 5) is 95.6. The second-order valence-corrected chi connectivity index (χ2v) is 25.0. The van der Waals surface area contributed by atoms with Crippen LogP contribution < -0.4 is 47.1 Å². The fraction of sp³-hybridized carbons (Fsp3) is 0.343. The summed E-state index contributed by atoms with van der Waals surface area (Å²) in [5, 5.41) is 38.0. The molecule has 0 spiro atoms. The molecule has 0 saturated carbocycles. The van der Waals surface area contributed by atoms with Gasteiger partial charge >= 0.3 is 6.97 Å². The summed E-state index contributed by atoms with van der Waals surface area (Å²) in [5.74, 6) is -3.69. The first kappa shape index (κ1) is 69.6. The number of carbonyl (C=O) groups is 7. The third kappa shape index (κ3) is 19.5. The number of amides is 7. The molecule has 0 bridgehead atoms. The summed E-state index contributed by atoms with van der Waals surface area (Å²) in [6.07, 6.45) is 11.6. The minimum absolute atomic E-state index is 0.0202. The highest BCUT2D eigenvalue weighted by molar-refractivity contribution is 7.12. The molecule has 9 rings (SSSR count). The van der Waals surface area contributed by atoms with Crippen molar-refractivity contribution in [2.45, 2.75) is 102 Å². The minimum Gasteiger partial charge on any atom is -0.508 e. The molecule has 6 aromatic rings. The summed E-state index contributed by atoms with van der Waals surface area (Å²) < 4.78 is 46.8. The first-order chi connectivity index (χ1) is 45.8. The number of halogens is 2. The Morgan fingerprint density at radius 1 is 0.726 bits per heavy atom. The Morgan fingerprint density at radius 2 is 1.45 bits per heavy atom. The number of aromatic hydroxyl groups is 1. The molecule has 4 aromatic carbocycles. The van der Waals surface area contributed by atoms with E-state index in [9.17, 15) is 43.8 Å². The van der Waals surface area contributed by atoms with E-state index in [0.29, 0.717) is 53.5 Å². The number of benzene rings is 4. The number of rotatable bonds is 33. The number of allylic oxidation sites excluding steroid dienone is 2. The molecule has 1 saturated heterocycles. The zero-order valence-corrected chi connectivity index (χ0v) is 53.9. The van der Waals surface area contributed by atoms with Gasteiger partial charge in [0.15, 0.2) is 18.0 Å². The maximum atomic E-state index is 16.2. The van der Waals surface area contributed by atoms with Gasteiger partial charge in [-0.1, -0.05) is 98.8 Å². The monoisotopic (exact) mass is 1320 g/mol. The molecule has 3 aliphatic rings. The Labute approximate surface area is 554 Å². The molecule has 0 radical (unpaired) electrons. The predicted molar refractivity (Wildman–Crippen MR) is 360 cm³/mol.